The van der Waals surface area contributed by atoms with E-state index in [1.165, 1.54) is 11.6 Å². The average molecular weight is 1150 g/mol. The summed E-state index contributed by atoms with van der Waals surface area (Å²) < 4.78 is 343. The zero-order valence-electron chi connectivity index (χ0n) is 38.5. The van der Waals surface area contributed by atoms with Crippen LogP contribution in [-0.4, -0.2) is 11.1 Å². The lowest BCUT2D eigenvalue weighted by Gasteiger charge is -2.46. The largest absolute Gasteiger partial charge is 0.416 e. The van der Waals surface area contributed by atoms with E-state index in [0.29, 0.717) is 0 Å². The molecule has 7 rings (SSSR count). The molecule has 6 aromatic carbocycles. The Bertz CT molecular complexity index is 2920. The van der Waals surface area contributed by atoms with E-state index in [0.717, 1.165) is 17.8 Å². The van der Waals surface area contributed by atoms with Crippen LogP contribution in [0.25, 0.3) is 11.3 Å². The molecule has 0 radical (unpaired) electrons. The molecule has 0 spiro atoms. The van der Waals surface area contributed by atoms with Gasteiger partial charge in [0.05, 0.1) is 55.0 Å². The van der Waals surface area contributed by atoms with Crippen LogP contribution in [0.5, 0.6) is 0 Å². The molecule has 29 heteroatoms. The molecular weight excluding hydrogens is 1130 g/mol. The van der Waals surface area contributed by atoms with Crippen molar-refractivity contribution < 1.29 is 115 Å². The maximum absolute atomic E-state index is 14.2. The third kappa shape index (κ3) is 13.9. The normalized spacial score (nSPS) is 13.2. The predicted octanol–water partition coefficient (Wildman–Crippen LogP) is 14.8. The van der Waals surface area contributed by atoms with Gasteiger partial charge in [0.15, 0.2) is 12.7 Å². The monoisotopic (exact) mass is 1150 g/mol. The molecule has 0 amide bonds. The van der Waals surface area contributed by atoms with Gasteiger partial charge in [0, 0.05) is 29.8 Å². The first-order valence-corrected chi connectivity index (χ1v) is 21.6. The topological polar surface area (TPSA) is 47.0 Å². The summed E-state index contributed by atoms with van der Waals surface area (Å²) in [5, 5.41) is 11.0. The van der Waals surface area contributed by atoms with Crippen LogP contribution in [0.4, 0.5) is 111 Å². The number of halogens is 24. The second-order valence-corrected chi connectivity index (χ2v) is 17.2. The zero-order chi connectivity index (χ0) is 59.3. The Kier molecular flexibility index (Phi) is 16.2. The van der Waals surface area contributed by atoms with Gasteiger partial charge in [0.25, 0.3) is 5.69 Å². The highest BCUT2D eigenvalue weighted by Crippen LogP contribution is 2.41. The molecule has 79 heavy (non-hydrogen) atoms. The molecular formula is C50H27BF24N2O2. The van der Waals surface area contributed by atoms with E-state index < -0.39 is 195 Å². The van der Waals surface area contributed by atoms with Crippen molar-refractivity contribution in [2.24, 2.45) is 0 Å². The number of pyridine rings is 1. The van der Waals surface area contributed by atoms with Gasteiger partial charge in [-0.1, -0.05) is 84.9 Å². The number of hydrogen-bond donors (Lipinski definition) is 0. The highest BCUT2D eigenvalue weighted by atomic mass is 19.4. The van der Waals surface area contributed by atoms with Crippen LogP contribution in [0.1, 0.15) is 50.1 Å². The summed E-state index contributed by atoms with van der Waals surface area (Å²) in [6.07, 6.45) is -52.8. The van der Waals surface area contributed by atoms with Crippen LogP contribution < -0.4 is 26.4 Å². The molecule has 0 atom stereocenters. The highest BCUT2D eigenvalue weighted by molar-refractivity contribution is 7.20. The van der Waals surface area contributed by atoms with Crippen molar-refractivity contribution in [3.8, 4) is 11.3 Å². The Hall–Kier alpha value is -7.75. The van der Waals surface area contributed by atoms with Crippen LogP contribution in [0.3, 0.4) is 0 Å². The molecule has 4 nitrogen and oxygen atoms in total. The Morgan fingerprint density at radius 1 is 0.354 bits per heavy atom. The maximum Gasteiger partial charge on any atom is 0.416 e. The molecule has 0 fully saturated rings. The second-order valence-electron chi connectivity index (χ2n) is 17.2. The van der Waals surface area contributed by atoms with Crippen molar-refractivity contribution in [3.05, 3.63) is 212 Å². The lowest BCUT2D eigenvalue weighted by molar-refractivity contribution is -0.677. The van der Waals surface area contributed by atoms with Crippen molar-refractivity contribution in [1.29, 1.82) is 0 Å². The number of hydrogen-bond acceptors (Lipinski definition) is 2. The van der Waals surface area contributed by atoms with E-state index >= 15 is 0 Å². The van der Waals surface area contributed by atoms with Crippen molar-refractivity contribution >= 4 is 33.7 Å². The van der Waals surface area contributed by atoms with Gasteiger partial charge in [-0.05, 0) is 36.4 Å². The standard InChI is InChI=1S/C32H12BF24.C18H15N2O2/c34-25(35,36)13-1-14(26(37,38)39)6-21(5-13)33(22-7-15(27(40,41)42)2-16(8-22)28(43,44)45,23-9-17(29(46,47)48)3-18(10-23)30(49,50)51)24-11-19(31(52,53)54)4-20(12-24)32(55,56)57;21-20(22)17-10-6-9-16(13-17)18-11-4-5-12-19(18)14-15-7-2-1-3-8-15/h1-12H;1-13H,14H2/q-1;+1. The molecule has 0 saturated carbocycles. The number of aromatic nitrogens is 1. The van der Waals surface area contributed by atoms with Crippen molar-refractivity contribution in [3.63, 3.8) is 0 Å². The number of benzene rings is 6. The molecule has 0 saturated heterocycles. The van der Waals surface area contributed by atoms with Gasteiger partial charge >= 0.3 is 49.4 Å². The van der Waals surface area contributed by atoms with E-state index in [1.54, 1.807) is 12.1 Å². The Morgan fingerprint density at radius 2 is 0.646 bits per heavy atom. The summed E-state index contributed by atoms with van der Waals surface area (Å²) in [6.45, 7) is 0.722. The van der Waals surface area contributed by atoms with Gasteiger partial charge in [-0.15, -0.1) is 0 Å². The number of alkyl halides is 24. The van der Waals surface area contributed by atoms with E-state index in [9.17, 15) is 115 Å². The molecule has 0 bridgehead atoms. The number of nitrogens with zero attached hydrogens (tertiary/aromatic N) is 2. The van der Waals surface area contributed by atoms with E-state index in [2.05, 4.69) is 16.7 Å². The number of non-ortho nitro benzene ring substituents is 1. The fourth-order valence-electron chi connectivity index (χ4n) is 8.51. The molecule has 0 aliphatic rings. The van der Waals surface area contributed by atoms with Gasteiger partial charge in [-0.25, -0.2) is 0 Å². The summed E-state index contributed by atoms with van der Waals surface area (Å²) in [6, 6.07) is 13.9. The average Bonchev–Trinajstić information content (AvgIpc) is 3.38. The summed E-state index contributed by atoms with van der Waals surface area (Å²) >= 11 is 0. The minimum atomic E-state index is -6.13. The van der Waals surface area contributed by atoms with Crippen LogP contribution in [-0.2, 0) is 56.0 Å². The first-order chi connectivity index (χ1) is 36.0. The molecule has 1 aromatic heterocycles. The maximum atomic E-state index is 14.2. The zero-order valence-corrected chi connectivity index (χ0v) is 38.5. The van der Waals surface area contributed by atoms with Gasteiger partial charge in [-0.3, -0.25) is 10.1 Å². The first kappa shape index (κ1) is 60.5. The van der Waals surface area contributed by atoms with Crippen LogP contribution in [0, 0.1) is 10.1 Å². The van der Waals surface area contributed by atoms with Gasteiger partial charge in [0.2, 0.25) is 5.69 Å². The Morgan fingerprint density at radius 3 is 0.924 bits per heavy atom. The van der Waals surface area contributed by atoms with E-state index in [4.69, 9.17) is 0 Å². The van der Waals surface area contributed by atoms with Gasteiger partial charge in [-0.2, -0.15) is 132 Å². The van der Waals surface area contributed by atoms with Crippen LogP contribution in [0.2, 0.25) is 0 Å². The molecule has 0 aliphatic carbocycles. The van der Waals surface area contributed by atoms with E-state index in [1.807, 2.05) is 48.7 Å². The fourth-order valence-corrected chi connectivity index (χ4v) is 8.51. The van der Waals surface area contributed by atoms with Crippen molar-refractivity contribution in [1.82, 2.24) is 0 Å². The minimum absolute atomic E-state index is 0.104. The smallest absolute Gasteiger partial charge is 0.258 e. The lowest BCUT2D eigenvalue weighted by atomic mass is 9.12. The van der Waals surface area contributed by atoms with Crippen LogP contribution in [0.15, 0.2) is 152 Å². The van der Waals surface area contributed by atoms with E-state index in [-0.39, 0.29) is 10.6 Å². The Labute approximate surface area is 427 Å². The molecule has 0 unspecified atom stereocenters. The van der Waals surface area contributed by atoms with Crippen LogP contribution >= 0.6 is 0 Å². The fraction of sp³-hybridized carbons (Fsp3) is 0.180. The van der Waals surface area contributed by atoms with Crippen molar-refractivity contribution in [2.45, 2.75) is 56.0 Å². The van der Waals surface area contributed by atoms with Gasteiger partial charge in [0.1, 0.15) is 6.15 Å². The lowest BCUT2D eigenvalue weighted by Crippen LogP contribution is -2.75. The summed E-state index contributed by atoms with van der Waals surface area (Å²) in [7, 11) is 0. The molecule has 420 valence electrons. The number of nitro groups is 1. The van der Waals surface area contributed by atoms with Gasteiger partial charge < -0.3 is 0 Å². The number of nitro benzene ring substituents is 1. The second kappa shape index (κ2) is 21.1. The highest BCUT2D eigenvalue weighted by Gasteiger charge is 2.47. The first-order valence-electron chi connectivity index (χ1n) is 21.6. The molecule has 0 N–H and O–H groups in total. The third-order valence-corrected chi connectivity index (χ3v) is 11.9. The Balaban J connectivity index is 0.000000378. The quantitative estimate of drug-likeness (QED) is 0.0500. The van der Waals surface area contributed by atoms with Crippen molar-refractivity contribution in [2.75, 3.05) is 0 Å². The number of rotatable bonds is 8. The third-order valence-electron chi connectivity index (χ3n) is 11.9. The molecule has 0 aliphatic heterocycles. The minimum Gasteiger partial charge on any atom is -0.258 e. The molecule has 7 aromatic rings. The summed E-state index contributed by atoms with van der Waals surface area (Å²) in [4.78, 5) is 10.6. The summed E-state index contributed by atoms with van der Waals surface area (Å²) in [5.41, 5.74) is -27.1. The molecule has 1 heterocycles. The SMILES string of the molecule is FC(F)(F)c1cc([B-](c2cc(C(F)(F)F)cc(C(F)(F)F)c2)(c2cc(C(F)(F)F)cc(C(F)(F)F)c2)c2cc(C(F)(F)F)cc(C(F)(F)F)c2)cc(C(F)(F)F)c1.O=[N+]([O-])c1cccc(-c2cccc[n+]2Cc2ccccc2)c1. The predicted molar refractivity (Wildman–Crippen MR) is 234 cm³/mol. The summed E-state index contributed by atoms with van der Waals surface area (Å²) in [5.74, 6) is 0.